The summed E-state index contributed by atoms with van der Waals surface area (Å²) in [5, 5.41) is 4.35. The molecule has 16 heavy (non-hydrogen) atoms. The molecule has 1 aromatic rings. The fourth-order valence-corrected chi connectivity index (χ4v) is 2.34. The summed E-state index contributed by atoms with van der Waals surface area (Å²) in [7, 11) is 0. The standard InChI is InChI=1S/C12H21N3S/c1-5-6-13-11(4)8-16-12-14-9(2)7-10(3)15-12/h7,11,13H,5-6,8H2,1-4H3. The number of thioether (sulfide) groups is 1. The molecule has 0 saturated carbocycles. The monoisotopic (exact) mass is 239 g/mol. The van der Waals surface area contributed by atoms with E-state index >= 15 is 0 Å². The molecule has 0 saturated heterocycles. The number of hydrogen-bond donors (Lipinski definition) is 1. The molecule has 1 atom stereocenters. The zero-order valence-corrected chi connectivity index (χ0v) is 11.4. The quantitative estimate of drug-likeness (QED) is 0.611. The van der Waals surface area contributed by atoms with Crippen molar-refractivity contribution < 1.29 is 0 Å². The third kappa shape index (κ3) is 4.94. The highest BCUT2D eigenvalue weighted by Crippen LogP contribution is 2.14. The highest BCUT2D eigenvalue weighted by Gasteiger charge is 2.04. The Morgan fingerprint density at radius 3 is 2.50 bits per heavy atom. The van der Waals surface area contributed by atoms with Crippen LogP contribution in [0.3, 0.4) is 0 Å². The molecule has 0 fully saturated rings. The maximum atomic E-state index is 4.41. The largest absolute Gasteiger partial charge is 0.313 e. The number of hydrogen-bond acceptors (Lipinski definition) is 4. The van der Waals surface area contributed by atoms with E-state index in [1.54, 1.807) is 11.8 Å². The predicted octanol–water partition coefficient (Wildman–Crippen LogP) is 2.57. The predicted molar refractivity (Wildman–Crippen MR) is 70.0 cm³/mol. The molecule has 4 heteroatoms. The zero-order valence-electron chi connectivity index (χ0n) is 10.6. The van der Waals surface area contributed by atoms with Crippen LogP contribution >= 0.6 is 11.8 Å². The lowest BCUT2D eigenvalue weighted by atomic mass is 10.3. The topological polar surface area (TPSA) is 37.8 Å². The molecule has 1 N–H and O–H groups in total. The van der Waals surface area contributed by atoms with Gasteiger partial charge < -0.3 is 5.32 Å². The van der Waals surface area contributed by atoms with Crippen LogP contribution in [0.2, 0.25) is 0 Å². The first-order valence-electron chi connectivity index (χ1n) is 5.80. The third-order valence-corrected chi connectivity index (χ3v) is 3.27. The summed E-state index contributed by atoms with van der Waals surface area (Å²) >= 11 is 1.72. The highest BCUT2D eigenvalue weighted by molar-refractivity contribution is 7.99. The van der Waals surface area contributed by atoms with Gasteiger partial charge in [-0.2, -0.15) is 0 Å². The van der Waals surface area contributed by atoms with Gasteiger partial charge in [-0.1, -0.05) is 18.7 Å². The summed E-state index contributed by atoms with van der Waals surface area (Å²) in [6.45, 7) is 9.48. The van der Waals surface area contributed by atoms with Gasteiger partial charge >= 0.3 is 0 Å². The van der Waals surface area contributed by atoms with Crippen molar-refractivity contribution in [1.82, 2.24) is 15.3 Å². The highest BCUT2D eigenvalue weighted by atomic mass is 32.2. The average Bonchev–Trinajstić information content (AvgIpc) is 2.22. The number of aryl methyl sites for hydroxylation is 2. The van der Waals surface area contributed by atoms with E-state index in [9.17, 15) is 0 Å². The Morgan fingerprint density at radius 2 is 1.94 bits per heavy atom. The minimum atomic E-state index is 0.509. The summed E-state index contributed by atoms with van der Waals surface area (Å²) in [6, 6.07) is 2.51. The second-order valence-electron chi connectivity index (χ2n) is 4.10. The smallest absolute Gasteiger partial charge is 0.188 e. The van der Waals surface area contributed by atoms with E-state index in [2.05, 4.69) is 29.1 Å². The van der Waals surface area contributed by atoms with Crippen molar-refractivity contribution in [3.63, 3.8) is 0 Å². The minimum absolute atomic E-state index is 0.509. The Bertz CT molecular complexity index is 308. The second kappa shape index (κ2) is 6.86. The fourth-order valence-electron chi connectivity index (χ4n) is 1.41. The van der Waals surface area contributed by atoms with E-state index in [4.69, 9.17) is 0 Å². The molecule has 1 unspecified atom stereocenters. The van der Waals surface area contributed by atoms with Crippen molar-refractivity contribution in [2.75, 3.05) is 12.3 Å². The van der Waals surface area contributed by atoms with Crippen LogP contribution in [0.15, 0.2) is 11.2 Å². The van der Waals surface area contributed by atoms with Crippen molar-refractivity contribution in [2.24, 2.45) is 0 Å². The van der Waals surface area contributed by atoms with Gasteiger partial charge in [-0.25, -0.2) is 9.97 Å². The number of rotatable bonds is 6. The lowest BCUT2D eigenvalue weighted by molar-refractivity contribution is 0.590. The van der Waals surface area contributed by atoms with Gasteiger partial charge in [-0.15, -0.1) is 0 Å². The Labute approximate surface area is 102 Å². The molecule has 1 aromatic heterocycles. The van der Waals surface area contributed by atoms with E-state index in [0.29, 0.717) is 6.04 Å². The molecule has 0 amide bonds. The van der Waals surface area contributed by atoms with E-state index in [-0.39, 0.29) is 0 Å². The number of nitrogens with one attached hydrogen (secondary N) is 1. The molecule has 90 valence electrons. The Hall–Kier alpha value is -0.610. The number of nitrogens with zero attached hydrogens (tertiary/aromatic N) is 2. The average molecular weight is 239 g/mol. The molecule has 1 heterocycles. The molecular formula is C12H21N3S. The summed E-state index contributed by atoms with van der Waals surface area (Å²) in [5.41, 5.74) is 2.09. The van der Waals surface area contributed by atoms with Gasteiger partial charge in [0.1, 0.15) is 0 Å². The van der Waals surface area contributed by atoms with Gasteiger partial charge in [0.2, 0.25) is 0 Å². The van der Waals surface area contributed by atoms with E-state index in [1.807, 2.05) is 19.9 Å². The maximum absolute atomic E-state index is 4.41. The van der Waals surface area contributed by atoms with E-state index in [1.165, 1.54) is 6.42 Å². The second-order valence-corrected chi connectivity index (χ2v) is 5.09. The Balaban J connectivity index is 2.41. The molecule has 0 radical (unpaired) electrons. The van der Waals surface area contributed by atoms with Crippen LogP contribution in [0.1, 0.15) is 31.7 Å². The molecule has 1 rings (SSSR count). The molecule has 3 nitrogen and oxygen atoms in total. The zero-order chi connectivity index (χ0) is 12.0. The van der Waals surface area contributed by atoms with Crippen molar-refractivity contribution in [3.05, 3.63) is 17.5 Å². The fraction of sp³-hybridized carbons (Fsp3) is 0.667. The first-order valence-corrected chi connectivity index (χ1v) is 6.79. The van der Waals surface area contributed by atoms with Crippen LogP contribution in [-0.4, -0.2) is 28.3 Å². The summed E-state index contributed by atoms with van der Waals surface area (Å²) in [6.07, 6.45) is 1.18. The van der Waals surface area contributed by atoms with Gasteiger partial charge in [0.15, 0.2) is 5.16 Å². The lowest BCUT2D eigenvalue weighted by Crippen LogP contribution is -2.28. The summed E-state index contributed by atoms with van der Waals surface area (Å²) in [5.74, 6) is 1.02. The molecular weight excluding hydrogens is 218 g/mol. The normalized spacial score (nSPS) is 12.8. The molecule has 0 aliphatic heterocycles. The van der Waals surface area contributed by atoms with Crippen LogP contribution in [0.25, 0.3) is 0 Å². The van der Waals surface area contributed by atoms with E-state index < -0.39 is 0 Å². The van der Waals surface area contributed by atoms with Crippen LogP contribution in [0.4, 0.5) is 0 Å². The SMILES string of the molecule is CCCNC(C)CSc1nc(C)cc(C)n1. The molecule has 0 bridgehead atoms. The molecule has 0 aromatic carbocycles. The maximum Gasteiger partial charge on any atom is 0.188 e. The van der Waals surface area contributed by atoms with Gasteiger partial charge in [0, 0.05) is 23.2 Å². The minimum Gasteiger partial charge on any atom is -0.313 e. The van der Waals surface area contributed by atoms with Crippen molar-refractivity contribution >= 4 is 11.8 Å². The molecule has 0 spiro atoms. The molecule has 0 aliphatic rings. The van der Waals surface area contributed by atoms with Crippen LogP contribution < -0.4 is 5.32 Å². The third-order valence-electron chi connectivity index (χ3n) is 2.17. The van der Waals surface area contributed by atoms with Crippen LogP contribution in [0, 0.1) is 13.8 Å². The van der Waals surface area contributed by atoms with E-state index in [0.717, 1.165) is 28.8 Å². The summed E-state index contributed by atoms with van der Waals surface area (Å²) in [4.78, 5) is 8.82. The van der Waals surface area contributed by atoms with Crippen LogP contribution in [-0.2, 0) is 0 Å². The van der Waals surface area contributed by atoms with Gasteiger partial charge in [0.25, 0.3) is 0 Å². The first kappa shape index (κ1) is 13.5. The summed E-state index contributed by atoms with van der Waals surface area (Å²) < 4.78 is 0. The Morgan fingerprint density at radius 1 is 1.31 bits per heavy atom. The van der Waals surface area contributed by atoms with Crippen molar-refractivity contribution in [3.8, 4) is 0 Å². The first-order chi connectivity index (χ1) is 7.61. The van der Waals surface area contributed by atoms with Crippen molar-refractivity contribution in [2.45, 2.75) is 45.3 Å². The molecule has 0 aliphatic carbocycles. The number of aromatic nitrogens is 2. The van der Waals surface area contributed by atoms with Crippen molar-refractivity contribution in [1.29, 1.82) is 0 Å². The lowest BCUT2D eigenvalue weighted by Gasteiger charge is -2.12. The van der Waals surface area contributed by atoms with Gasteiger partial charge in [-0.05, 0) is 39.8 Å². The van der Waals surface area contributed by atoms with Gasteiger partial charge in [-0.3, -0.25) is 0 Å². The van der Waals surface area contributed by atoms with Crippen LogP contribution in [0.5, 0.6) is 0 Å². The van der Waals surface area contributed by atoms with Gasteiger partial charge in [0.05, 0.1) is 0 Å². The Kier molecular flexibility index (Phi) is 5.77.